The van der Waals surface area contributed by atoms with Crippen molar-refractivity contribution in [3.63, 3.8) is 0 Å². The molecule has 1 aromatic rings. The molecule has 2 saturated heterocycles. The second kappa shape index (κ2) is 8.29. The zero-order valence-corrected chi connectivity index (χ0v) is 15.4. The van der Waals surface area contributed by atoms with E-state index in [0.29, 0.717) is 32.7 Å². The molecule has 0 spiro atoms. The van der Waals surface area contributed by atoms with Crippen LogP contribution in [0.1, 0.15) is 37.7 Å². The number of piperidine rings is 2. The van der Waals surface area contributed by atoms with Gasteiger partial charge in [0, 0.05) is 32.7 Å². The molecular weight excluding hydrogens is 338 g/mol. The largest absolute Gasteiger partial charge is 0.352 e. The van der Waals surface area contributed by atoms with Gasteiger partial charge in [0.25, 0.3) is 10.2 Å². The van der Waals surface area contributed by atoms with E-state index in [-0.39, 0.29) is 11.8 Å². The summed E-state index contributed by atoms with van der Waals surface area (Å²) in [5, 5.41) is 2.95. The van der Waals surface area contributed by atoms with E-state index in [4.69, 9.17) is 0 Å². The number of amides is 1. The normalized spacial score (nSPS) is 23.3. The van der Waals surface area contributed by atoms with E-state index in [1.165, 1.54) is 4.31 Å². The van der Waals surface area contributed by atoms with Crippen molar-refractivity contribution >= 4 is 16.1 Å². The highest BCUT2D eigenvalue weighted by molar-refractivity contribution is 7.86. The highest BCUT2D eigenvalue weighted by atomic mass is 32.2. The molecule has 1 atom stereocenters. The molecule has 0 saturated carbocycles. The maximum absolute atomic E-state index is 12.8. The van der Waals surface area contributed by atoms with Gasteiger partial charge >= 0.3 is 0 Å². The molecule has 7 heteroatoms. The van der Waals surface area contributed by atoms with Crippen molar-refractivity contribution in [2.24, 2.45) is 5.92 Å². The van der Waals surface area contributed by atoms with Crippen LogP contribution in [0.15, 0.2) is 30.3 Å². The van der Waals surface area contributed by atoms with Crippen molar-refractivity contribution < 1.29 is 13.2 Å². The van der Waals surface area contributed by atoms with Crippen LogP contribution in [0.25, 0.3) is 0 Å². The summed E-state index contributed by atoms with van der Waals surface area (Å²) in [5.74, 6) is -0.320. The van der Waals surface area contributed by atoms with Gasteiger partial charge in [0.15, 0.2) is 0 Å². The number of hydrogen-bond donors (Lipinski definition) is 1. The Hall–Kier alpha value is -1.44. The number of nitrogens with one attached hydrogen (secondary N) is 1. The standard InChI is InChI=1S/C18H27N3O3S/c22-18(19-14-16-8-3-1-4-9-16)17-10-7-13-21(15-17)25(23,24)20-11-5-2-6-12-20/h1,3-4,8-9,17H,2,5-7,10-15H2,(H,19,22)/t17-/m0/s1. The second-order valence-electron chi connectivity index (χ2n) is 6.87. The van der Waals surface area contributed by atoms with Crippen LogP contribution in [0.5, 0.6) is 0 Å². The Morgan fingerprint density at radius 3 is 2.40 bits per heavy atom. The Kier molecular flexibility index (Phi) is 6.09. The van der Waals surface area contributed by atoms with Gasteiger partial charge in [-0.3, -0.25) is 4.79 Å². The van der Waals surface area contributed by atoms with Crippen LogP contribution >= 0.6 is 0 Å². The maximum Gasteiger partial charge on any atom is 0.281 e. The molecule has 1 aromatic carbocycles. The number of nitrogens with zero attached hydrogens (tertiary/aromatic N) is 2. The zero-order chi connectivity index (χ0) is 17.7. The first kappa shape index (κ1) is 18.4. The molecule has 3 rings (SSSR count). The van der Waals surface area contributed by atoms with Crippen LogP contribution in [0.2, 0.25) is 0 Å². The van der Waals surface area contributed by atoms with Crippen molar-refractivity contribution in [3.8, 4) is 0 Å². The van der Waals surface area contributed by atoms with E-state index >= 15 is 0 Å². The van der Waals surface area contributed by atoms with Crippen molar-refractivity contribution in [3.05, 3.63) is 35.9 Å². The first-order valence-electron chi connectivity index (χ1n) is 9.14. The number of benzene rings is 1. The van der Waals surface area contributed by atoms with Crippen LogP contribution in [-0.4, -0.2) is 49.1 Å². The molecule has 6 nitrogen and oxygen atoms in total. The van der Waals surface area contributed by atoms with E-state index in [9.17, 15) is 13.2 Å². The van der Waals surface area contributed by atoms with E-state index in [0.717, 1.165) is 37.7 Å². The molecule has 2 heterocycles. The fraction of sp³-hybridized carbons (Fsp3) is 0.611. The summed E-state index contributed by atoms with van der Waals surface area (Å²) >= 11 is 0. The average Bonchev–Trinajstić information content (AvgIpc) is 2.67. The third-order valence-corrected chi connectivity index (χ3v) is 7.03. The molecule has 2 aliphatic heterocycles. The molecule has 2 fully saturated rings. The number of carbonyl (C=O) groups excluding carboxylic acids is 1. The minimum Gasteiger partial charge on any atom is -0.352 e. The van der Waals surface area contributed by atoms with Gasteiger partial charge in [-0.2, -0.15) is 17.0 Å². The van der Waals surface area contributed by atoms with Crippen LogP contribution in [0.4, 0.5) is 0 Å². The van der Waals surface area contributed by atoms with Crippen LogP contribution in [-0.2, 0) is 21.5 Å². The van der Waals surface area contributed by atoms with Gasteiger partial charge in [-0.15, -0.1) is 0 Å². The SMILES string of the molecule is O=C(NCc1ccccc1)[C@H]1CCCN(S(=O)(=O)N2CCCCC2)C1. The van der Waals surface area contributed by atoms with Crippen molar-refractivity contribution in [2.75, 3.05) is 26.2 Å². The molecule has 0 unspecified atom stereocenters. The molecule has 138 valence electrons. The predicted molar refractivity (Wildman–Crippen MR) is 96.9 cm³/mol. The Labute approximate surface area is 150 Å². The topological polar surface area (TPSA) is 69.7 Å². The zero-order valence-electron chi connectivity index (χ0n) is 14.6. The Bertz CT molecular complexity index is 672. The summed E-state index contributed by atoms with van der Waals surface area (Å²) in [4.78, 5) is 12.5. The number of carbonyl (C=O) groups is 1. The summed E-state index contributed by atoms with van der Waals surface area (Å²) < 4.78 is 28.7. The van der Waals surface area contributed by atoms with Gasteiger partial charge in [-0.05, 0) is 31.2 Å². The van der Waals surface area contributed by atoms with Crippen molar-refractivity contribution in [1.29, 1.82) is 0 Å². The highest BCUT2D eigenvalue weighted by Crippen LogP contribution is 2.23. The van der Waals surface area contributed by atoms with E-state index < -0.39 is 10.2 Å². The third-order valence-electron chi connectivity index (χ3n) is 5.03. The van der Waals surface area contributed by atoms with Gasteiger partial charge in [-0.25, -0.2) is 0 Å². The fourth-order valence-electron chi connectivity index (χ4n) is 3.55. The minimum atomic E-state index is -3.43. The van der Waals surface area contributed by atoms with Crippen molar-refractivity contribution in [1.82, 2.24) is 13.9 Å². The molecule has 0 aliphatic carbocycles. The second-order valence-corrected chi connectivity index (χ2v) is 8.80. The average molecular weight is 365 g/mol. The predicted octanol–water partition coefficient (Wildman–Crippen LogP) is 1.75. The van der Waals surface area contributed by atoms with Crippen LogP contribution in [0, 0.1) is 5.92 Å². The first-order valence-corrected chi connectivity index (χ1v) is 10.5. The van der Waals surface area contributed by atoms with Gasteiger partial charge in [0.2, 0.25) is 5.91 Å². The monoisotopic (exact) mass is 365 g/mol. The summed E-state index contributed by atoms with van der Waals surface area (Å²) in [6, 6.07) is 9.75. The maximum atomic E-state index is 12.8. The van der Waals surface area contributed by atoms with Gasteiger partial charge in [-0.1, -0.05) is 36.8 Å². The lowest BCUT2D eigenvalue weighted by Gasteiger charge is -2.36. The lowest BCUT2D eigenvalue weighted by Crippen LogP contribution is -2.51. The Balaban J connectivity index is 1.57. The minimum absolute atomic E-state index is 0.0533. The van der Waals surface area contributed by atoms with Crippen molar-refractivity contribution in [2.45, 2.75) is 38.6 Å². The van der Waals surface area contributed by atoms with E-state index in [1.807, 2.05) is 30.3 Å². The van der Waals surface area contributed by atoms with Crippen LogP contribution in [0.3, 0.4) is 0 Å². The fourth-order valence-corrected chi connectivity index (χ4v) is 5.33. The quantitative estimate of drug-likeness (QED) is 0.864. The summed E-state index contributed by atoms with van der Waals surface area (Å²) in [6.07, 6.45) is 4.42. The van der Waals surface area contributed by atoms with E-state index in [2.05, 4.69) is 5.32 Å². The summed E-state index contributed by atoms with van der Waals surface area (Å²) in [7, 11) is -3.43. The molecular formula is C18H27N3O3S. The van der Waals surface area contributed by atoms with Gasteiger partial charge in [0.05, 0.1) is 5.92 Å². The molecule has 0 aromatic heterocycles. The Morgan fingerprint density at radius 2 is 1.68 bits per heavy atom. The smallest absolute Gasteiger partial charge is 0.281 e. The molecule has 0 radical (unpaired) electrons. The Morgan fingerprint density at radius 1 is 1.00 bits per heavy atom. The molecule has 25 heavy (non-hydrogen) atoms. The third kappa shape index (κ3) is 4.59. The summed E-state index contributed by atoms with van der Waals surface area (Å²) in [6.45, 7) is 2.49. The molecule has 2 aliphatic rings. The lowest BCUT2D eigenvalue weighted by atomic mass is 9.99. The first-order chi connectivity index (χ1) is 12.1. The van der Waals surface area contributed by atoms with Gasteiger partial charge < -0.3 is 5.32 Å². The van der Waals surface area contributed by atoms with Crippen LogP contribution < -0.4 is 5.32 Å². The van der Waals surface area contributed by atoms with E-state index in [1.54, 1.807) is 4.31 Å². The molecule has 1 amide bonds. The highest BCUT2D eigenvalue weighted by Gasteiger charge is 2.36. The number of hydrogen-bond acceptors (Lipinski definition) is 3. The molecule has 1 N–H and O–H groups in total. The molecule has 0 bridgehead atoms. The number of rotatable bonds is 5. The lowest BCUT2D eigenvalue weighted by molar-refractivity contribution is -0.126. The summed E-state index contributed by atoms with van der Waals surface area (Å²) in [5.41, 5.74) is 1.05. The van der Waals surface area contributed by atoms with Gasteiger partial charge in [0.1, 0.15) is 0 Å².